The van der Waals surface area contributed by atoms with E-state index in [0.717, 1.165) is 0 Å². The third-order valence-electron chi connectivity index (χ3n) is 1.99. The summed E-state index contributed by atoms with van der Waals surface area (Å²) in [4.78, 5) is 15.6. The first-order chi connectivity index (χ1) is 8.19. The lowest BCUT2D eigenvalue weighted by Gasteiger charge is -1.99. The monoisotopic (exact) mass is 228 g/mol. The summed E-state index contributed by atoms with van der Waals surface area (Å²) < 4.78 is 4.81. The number of hydrogen-bond donors (Lipinski definition) is 1. The number of nitriles is 1. The highest BCUT2D eigenvalue weighted by molar-refractivity contribution is 6.02. The second-order valence-corrected chi connectivity index (χ2v) is 3.32. The Bertz CT molecular complexity index is 598. The lowest BCUT2D eigenvalue weighted by molar-refractivity contribution is 0.102. The number of rotatable bonds is 2. The van der Waals surface area contributed by atoms with E-state index in [9.17, 15) is 4.79 Å². The Morgan fingerprint density at radius 3 is 3.00 bits per heavy atom. The smallest absolute Gasteiger partial charge is 0.275 e. The largest absolute Gasteiger partial charge is 0.360 e. The number of amides is 1. The molecule has 2 aromatic rings. The maximum atomic E-state index is 11.7. The minimum absolute atomic E-state index is 0.157. The molecule has 0 bridgehead atoms. The molecule has 6 heteroatoms. The molecule has 0 aliphatic rings. The lowest BCUT2D eigenvalue weighted by Crippen LogP contribution is -2.13. The molecular formula is C11H8N4O2. The van der Waals surface area contributed by atoms with Crippen molar-refractivity contribution in [2.75, 3.05) is 5.32 Å². The van der Waals surface area contributed by atoms with Crippen molar-refractivity contribution >= 4 is 11.7 Å². The second-order valence-electron chi connectivity index (χ2n) is 3.32. The van der Waals surface area contributed by atoms with E-state index in [-0.39, 0.29) is 5.69 Å². The van der Waals surface area contributed by atoms with Crippen molar-refractivity contribution in [1.82, 2.24) is 10.1 Å². The zero-order chi connectivity index (χ0) is 12.3. The van der Waals surface area contributed by atoms with Gasteiger partial charge >= 0.3 is 0 Å². The van der Waals surface area contributed by atoms with Crippen molar-refractivity contribution in [2.45, 2.75) is 6.92 Å². The maximum absolute atomic E-state index is 11.7. The van der Waals surface area contributed by atoms with Crippen LogP contribution in [0.15, 0.2) is 28.9 Å². The molecule has 0 unspecified atom stereocenters. The SMILES string of the molecule is Cc1cc(NC(=O)c2cc(C#N)ccn2)no1. The van der Waals surface area contributed by atoms with E-state index in [0.29, 0.717) is 17.1 Å². The number of anilines is 1. The third-order valence-corrected chi connectivity index (χ3v) is 1.99. The summed E-state index contributed by atoms with van der Waals surface area (Å²) in [5.41, 5.74) is 0.534. The van der Waals surface area contributed by atoms with Crippen LogP contribution in [0.3, 0.4) is 0 Å². The predicted octanol–water partition coefficient (Wildman–Crippen LogP) is 1.50. The van der Waals surface area contributed by atoms with Crippen molar-refractivity contribution in [3.8, 4) is 6.07 Å². The van der Waals surface area contributed by atoms with Gasteiger partial charge in [-0.05, 0) is 19.1 Å². The van der Waals surface area contributed by atoms with E-state index >= 15 is 0 Å². The molecule has 0 aromatic carbocycles. The number of carbonyl (C=O) groups excluding carboxylic acids is 1. The number of hydrogen-bond acceptors (Lipinski definition) is 5. The number of pyridine rings is 1. The summed E-state index contributed by atoms with van der Waals surface area (Å²) in [7, 11) is 0. The van der Waals surface area contributed by atoms with Gasteiger partial charge in [-0.2, -0.15) is 5.26 Å². The first-order valence-electron chi connectivity index (χ1n) is 4.80. The highest BCUT2D eigenvalue weighted by atomic mass is 16.5. The van der Waals surface area contributed by atoms with Crippen LogP contribution in [-0.4, -0.2) is 16.0 Å². The standard InChI is InChI=1S/C11H8N4O2/c1-7-4-10(15-17-7)14-11(16)9-5-8(6-12)2-3-13-9/h2-5H,1H3,(H,14,15,16). The molecule has 84 valence electrons. The van der Waals surface area contributed by atoms with Gasteiger partial charge in [-0.15, -0.1) is 0 Å². The van der Waals surface area contributed by atoms with E-state index in [4.69, 9.17) is 9.78 Å². The Kier molecular flexibility index (Phi) is 2.83. The van der Waals surface area contributed by atoms with Crippen molar-refractivity contribution in [1.29, 1.82) is 5.26 Å². The first-order valence-corrected chi connectivity index (χ1v) is 4.80. The van der Waals surface area contributed by atoms with Crippen molar-refractivity contribution < 1.29 is 9.32 Å². The zero-order valence-corrected chi connectivity index (χ0v) is 8.97. The quantitative estimate of drug-likeness (QED) is 0.840. The molecule has 0 spiro atoms. The van der Waals surface area contributed by atoms with Crippen LogP contribution in [0.5, 0.6) is 0 Å². The minimum Gasteiger partial charge on any atom is -0.360 e. The highest BCUT2D eigenvalue weighted by Crippen LogP contribution is 2.09. The Balaban J connectivity index is 2.17. The molecule has 0 fully saturated rings. The number of aryl methyl sites for hydroxylation is 1. The van der Waals surface area contributed by atoms with Crippen molar-refractivity contribution in [3.05, 3.63) is 41.4 Å². The summed E-state index contributed by atoms with van der Waals surface area (Å²) in [6.07, 6.45) is 1.40. The average molecular weight is 228 g/mol. The number of nitrogens with zero attached hydrogens (tertiary/aromatic N) is 3. The summed E-state index contributed by atoms with van der Waals surface area (Å²) in [6, 6.07) is 6.46. The molecule has 17 heavy (non-hydrogen) atoms. The second kappa shape index (κ2) is 4.45. The summed E-state index contributed by atoms with van der Waals surface area (Å²) in [5, 5.41) is 14.8. The van der Waals surface area contributed by atoms with Crippen LogP contribution in [-0.2, 0) is 0 Å². The summed E-state index contributed by atoms with van der Waals surface area (Å²) in [5.74, 6) is 0.478. The fourth-order valence-electron chi connectivity index (χ4n) is 1.23. The average Bonchev–Trinajstić information content (AvgIpc) is 2.75. The molecule has 0 saturated carbocycles. The Labute approximate surface area is 96.9 Å². The first kappa shape index (κ1) is 10.8. The third kappa shape index (κ3) is 2.46. The van der Waals surface area contributed by atoms with Gasteiger partial charge in [0.05, 0.1) is 11.6 Å². The molecule has 0 radical (unpaired) electrons. The van der Waals surface area contributed by atoms with Gasteiger partial charge in [0.1, 0.15) is 11.5 Å². The van der Waals surface area contributed by atoms with Gasteiger partial charge in [-0.25, -0.2) is 0 Å². The van der Waals surface area contributed by atoms with E-state index < -0.39 is 5.91 Å². The van der Waals surface area contributed by atoms with E-state index in [1.807, 2.05) is 6.07 Å². The molecule has 0 saturated heterocycles. The van der Waals surface area contributed by atoms with Gasteiger partial charge in [0.15, 0.2) is 5.82 Å². The molecule has 2 rings (SSSR count). The summed E-state index contributed by atoms with van der Waals surface area (Å²) >= 11 is 0. The number of carbonyl (C=O) groups is 1. The van der Waals surface area contributed by atoms with E-state index in [1.165, 1.54) is 18.3 Å². The van der Waals surface area contributed by atoms with Gasteiger partial charge in [-0.1, -0.05) is 5.16 Å². The number of nitrogens with one attached hydrogen (secondary N) is 1. The molecule has 0 atom stereocenters. The highest BCUT2D eigenvalue weighted by Gasteiger charge is 2.10. The fraction of sp³-hybridized carbons (Fsp3) is 0.0909. The molecule has 0 aliphatic heterocycles. The van der Waals surface area contributed by atoms with Crippen LogP contribution in [0.4, 0.5) is 5.82 Å². The molecule has 2 aromatic heterocycles. The van der Waals surface area contributed by atoms with Gasteiger partial charge < -0.3 is 9.84 Å². The lowest BCUT2D eigenvalue weighted by atomic mass is 10.2. The van der Waals surface area contributed by atoms with Crippen LogP contribution >= 0.6 is 0 Å². The summed E-state index contributed by atoms with van der Waals surface area (Å²) in [6.45, 7) is 1.72. The van der Waals surface area contributed by atoms with Gasteiger partial charge in [0.25, 0.3) is 5.91 Å². The van der Waals surface area contributed by atoms with Crippen LogP contribution < -0.4 is 5.32 Å². The number of aromatic nitrogens is 2. The van der Waals surface area contributed by atoms with Crippen LogP contribution in [0.1, 0.15) is 21.8 Å². The van der Waals surface area contributed by atoms with E-state index in [1.54, 1.807) is 13.0 Å². The Hall–Kier alpha value is -2.68. The van der Waals surface area contributed by atoms with Crippen LogP contribution in [0, 0.1) is 18.3 Å². The van der Waals surface area contributed by atoms with Crippen LogP contribution in [0.25, 0.3) is 0 Å². The Morgan fingerprint density at radius 2 is 2.35 bits per heavy atom. The molecule has 1 amide bonds. The molecular weight excluding hydrogens is 220 g/mol. The van der Waals surface area contributed by atoms with Gasteiger partial charge in [0, 0.05) is 12.3 Å². The van der Waals surface area contributed by atoms with Crippen molar-refractivity contribution in [3.63, 3.8) is 0 Å². The topological polar surface area (TPSA) is 91.8 Å². The Morgan fingerprint density at radius 1 is 1.53 bits per heavy atom. The molecule has 2 heterocycles. The van der Waals surface area contributed by atoms with Gasteiger partial charge in [-0.3, -0.25) is 9.78 Å². The van der Waals surface area contributed by atoms with Crippen molar-refractivity contribution in [2.24, 2.45) is 0 Å². The minimum atomic E-state index is -0.435. The van der Waals surface area contributed by atoms with E-state index in [2.05, 4.69) is 15.5 Å². The van der Waals surface area contributed by atoms with Gasteiger partial charge in [0.2, 0.25) is 0 Å². The molecule has 0 aliphatic carbocycles. The zero-order valence-electron chi connectivity index (χ0n) is 8.97. The van der Waals surface area contributed by atoms with Crippen LogP contribution in [0.2, 0.25) is 0 Å². The maximum Gasteiger partial charge on any atom is 0.275 e. The normalized spacial score (nSPS) is 9.65. The predicted molar refractivity (Wildman–Crippen MR) is 58.1 cm³/mol. The molecule has 6 nitrogen and oxygen atoms in total. The molecule has 1 N–H and O–H groups in total. The fourth-order valence-corrected chi connectivity index (χ4v) is 1.23.